The summed E-state index contributed by atoms with van der Waals surface area (Å²) in [5.74, 6) is 0.892. The lowest BCUT2D eigenvalue weighted by Gasteiger charge is -2.41. The summed E-state index contributed by atoms with van der Waals surface area (Å²) in [6.07, 6.45) is 4.41. The van der Waals surface area contributed by atoms with E-state index in [1.807, 2.05) is 17.0 Å². The summed E-state index contributed by atoms with van der Waals surface area (Å²) in [4.78, 5) is 40.7. The Kier molecular flexibility index (Phi) is 9.95. The Labute approximate surface area is 209 Å². The van der Waals surface area contributed by atoms with Crippen LogP contribution in [-0.2, 0) is 14.3 Å². The molecule has 194 valence electrons. The molecule has 8 nitrogen and oxygen atoms in total. The summed E-state index contributed by atoms with van der Waals surface area (Å²) >= 11 is 0. The summed E-state index contributed by atoms with van der Waals surface area (Å²) in [5.41, 5.74) is 0.0417. The average Bonchev–Trinajstić information content (AvgIpc) is 2.86. The minimum absolute atomic E-state index is 0.0299. The van der Waals surface area contributed by atoms with Gasteiger partial charge in [-0.1, -0.05) is 20.3 Å². The Morgan fingerprint density at radius 3 is 2.46 bits per heavy atom. The number of carbonyl (C=O) groups excluding carboxylic acids is 3. The first-order valence-corrected chi connectivity index (χ1v) is 13.0. The molecule has 0 aromatic heterocycles. The maximum Gasteiger partial charge on any atom is 0.253 e. The number of hydrogen-bond acceptors (Lipinski definition) is 5. The lowest BCUT2D eigenvalue weighted by atomic mass is 9.73. The SMILES string of the molecule is CC(C)COc1ccc(C(=O)N2CCC3(CCCCOCCCNC(=O)[C@H](C)NC3=O)CC2)cc1. The Morgan fingerprint density at radius 1 is 1.09 bits per heavy atom. The van der Waals surface area contributed by atoms with E-state index in [4.69, 9.17) is 9.47 Å². The van der Waals surface area contributed by atoms with Gasteiger partial charge in [0.15, 0.2) is 0 Å². The monoisotopic (exact) mass is 487 g/mol. The number of nitrogens with zero attached hydrogens (tertiary/aromatic N) is 1. The quantitative estimate of drug-likeness (QED) is 0.680. The molecule has 3 rings (SSSR count). The average molecular weight is 488 g/mol. The summed E-state index contributed by atoms with van der Waals surface area (Å²) in [5, 5.41) is 5.81. The molecule has 2 fully saturated rings. The molecule has 2 N–H and O–H groups in total. The van der Waals surface area contributed by atoms with Crippen LogP contribution in [0.5, 0.6) is 5.75 Å². The number of nitrogens with one attached hydrogen (secondary N) is 2. The fraction of sp³-hybridized carbons (Fsp3) is 0.667. The van der Waals surface area contributed by atoms with Gasteiger partial charge in [0.25, 0.3) is 5.91 Å². The van der Waals surface area contributed by atoms with Crippen molar-refractivity contribution in [1.29, 1.82) is 0 Å². The van der Waals surface area contributed by atoms with Crippen molar-refractivity contribution >= 4 is 17.7 Å². The highest BCUT2D eigenvalue weighted by molar-refractivity contribution is 5.95. The highest BCUT2D eigenvalue weighted by Gasteiger charge is 2.42. The van der Waals surface area contributed by atoms with Crippen molar-refractivity contribution in [3.63, 3.8) is 0 Å². The Hall–Kier alpha value is -2.61. The first-order chi connectivity index (χ1) is 16.8. The predicted octanol–water partition coefficient (Wildman–Crippen LogP) is 3.16. The van der Waals surface area contributed by atoms with Crippen molar-refractivity contribution in [2.24, 2.45) is 11.3 Å². The Balaban J connectivity index is 1.63. The molecule has 2 aliphatic rings. The van der Waals surface area contributed by atoms with Crippen LogP contribution in [0.25, 0.3) is 0 Å². The van der Waals surface area contributed by atoms with Crippen LogP contribution in [-0.4, -0.2) is 68.1 Å². The molecule has 1 spiro atoms. The molecule has 0 radical (unpaired) electrons. The second-order valence-corrected chi connectivity index (χ2v) is 10.2. The third kappa shape index (κ3) is 7.69. The predicted molar refractivity (Wildman–Crippen MR) is 134 cm³/mol. The minimum Gasteiger partial charge on any atom is -0.493 e. The lowest BCUT2D eigenvalue weighted by Crippen LogP contribution is -2.54. The van der Waals surface area contributed by atoms with Crippen molar-refractivity contribution in [2.75, 3.05) is 39.5 Å². The molecule has 1 atom stereocenters. The molecule has 2 heterocycles. The number of hydrogen-bond donors (Lipinski definition) is 2. The molecule has 0 unspecified atom stereocenters. The van der Waals surface area contributed by atoms with Crippen LogP contribution in [0.15, 0.2) is 24.3 Å². The smallest absolute Gasteiger partial charge is 0.253 e. The zero-order chi connectivity index (χ0) is 25.3. The van der Waals surface area contributed by atoms with E-state index in [-0.39, 0.29) is 17.7 Å². The first-order valence-electron chi connectivity index (χ1n) is 13.0. The molecule has 1 aromatic rings. The van der Waals surface area contributed by atoms with Gasteiger partial charge in [-0.25, -0.2) is 0 Å². The van der Waals surface area contributed by atoms with E-state index in [0.29, 0.717) is 63.8 Å². The fourth-order valence-corrected chi connectivity index (χ4v) is 4.59. The van der Waals surface area contributed by atoms with Gasteiger partial charge in [-0.05, 0) is 69.2 Å². The Morgan fingerprint density at radius 2 is 1.77 bits per heavy atom. The topological polar surface area (TPSA) is 97.0 Å². The molecule has 1 aromatic carbocycles. The summed E-state index contributed by atoms with van der Waals surface area (Å²) in [6.45, 7) is 9.37. The Bertz CT molecular complexity index is 847. The van der Waals surface area contributed by atoms with Crippen LogP contribution in [0.2, 0.25) is 0 Å². The van der Waals surface area contributed by atoms with Crippen LogP contribution >= 0.6 is 0 Å². The van der Waals surface area contributed by atoms with E-state index >= 15 is 0 Å². The van der Waals surface area contributed by atoms with Gasteiger partial charge in [0, 0.05) is 38.4 Å². The van der Waals surface area contributed by atoms with Crippen molar-refractivity contribution in [2.45, 2.75) is 65.3 Å². The molecule has 35 heavy (non-hydrogen) atoms. The number of rotatable bonds is 4. The molecule has 2 saturated heterocycles. The third-order valence-electron chi connectivity index (χ3n) is 6.87. The number of likely N-dealkylation sites (tertiary alicyclic amines) is 1. The van der Waals surface area contributed by atoms with Gasteiger partial charge in [-0.15, -0.1) is 0 Å². The summed E-state index contributed by atoms with van der Waals surface area (Å²) in [7, 11) is 0. The molecule has 2 aliphatic heterocycles. The van der Waals surface area contributed by atoms with Crippen LogP contribution < -0.4 is 15.4 Å². The van der Waals surface area contributed by atoms with E-state index in [1.165, 1.54) is 0 Å². The van der Waals surface area contributed by atoms with Gasteiger partial charge >= 0.3 is 0 Å². The second-order valence-electron chi connectivity index (χ2n) is 10.2. The van der Waals surface area contributed by atoms with Crippen LogP contribution in [0, 0.1) is 11.3 Å². The highest BCUT2D eigenvalue weighted by atomic mass is 16.5. The maximum atomic E-state index is 13.4. The van der Waals surface area contributed by atoms with Crippen LogP contribution in [0.4, 0.5) is 0 Å². The number of ether oxygens (including phenoxy) is 2. The van der Waals surface area contributed by atoms with Crippen molar-refractivity contribution in [3.8, 4) is 5.75 Å². The van der Waals surface area contributed by atoms with E-state index in [9.17, 15) is 14.4 Å². The van der Waals surface area contributed by atoms with E-state index in [1.54, 1.807) is 19.1 Å². The maximum absolute atomic E-state index is 13.4. The minimum atomic E-state index is -0.598. The van der Waals surface area contributed by atoms with Gasteiger partial charge in [-0.3, -0.25) is 14.4 Å². The third-order valence-corrected chi connectivity index (χ3v) is 6.87. The lowest BCUT2D eigenvalue weighted by molar-refractivity contribution is -0.137. The first kappa shape index (κ1) is 27.0. The molecule has 3 amide bonds. The molecule has 8 heteroatoms. The molecule has 0 aliphatic carbocycles. The number of amides is 3. The highest BCUT2D eigenvalue weighted by Crippen LogP contribution is 2.37. The zero-order valence-electron chi connectivity index (χ0n) is 21.4. The summed E-state index contributed by atoms with van der Waals surface area (Å²) < 4.78 is 11.4. The van der Waals surface area contributed by atoms with E-state index in [2.05, 4.69) is 24.5 Å². The molecular weight excluding hydrogens is 446 g/mol. The zero-order valence-corrected chi connectivity index (χ0v) is 21.4. The second kappa shape index (κ2) is 12.9. The number of piperidine rings is 1. The van der Waals surface area contributed by atoms with Gasteiger partial charge < -0.3 is 25.0 Å². The van der Waals surface area contributed by atoms with Crippen molar-refractivity contribution < 1.29 is 23.9 Å². The van der Waals surface area contributed by atoms with Gasteiger partial charge in [0.05, 0.1) is 12.0 Å². The van der Waals surface area contributed by atoms with Crippen LogP contribution in [0.1, 0.15) is 69.7 Å². The molecular formula is C27H41N3O5. The standard InChI is InChI=1S/C27H41N3O5/c1-20(2)19-35-23-9-7-22(8-10-23)25(32)30-15-12-27(13-16-30)11-4-5-17-34-18-6-14-28-24(31)21(3)29-26(27)33/h7-10,20-21H,4-6,11-19H2,1-3H3,(H,28,31)(H,29,33)/t21-/m0/s1. The van der Waals surface area contributed by atoms with Gasteiger partial charge in [0.2, 0.25) is 11.8 Å². The molecule has 0 saturated carbocycles. The number of carbonyl (C=O) groups is 3. The van der Waals surface area contributed by atoms with Crippen molar-refractivity contribution in [1.82, 2.24) is 15.5 Å². The largest absolute Gasteiger partial charge is 0.493 e. The van der Waals surface area contributed by atoms with E-state index in [0.717, 1.165) is 31.4 Å². The van der Waals surface area contributed by atoms with Gasteiger partial charge in [-0.2, -0.15) is 0 Å². The van der Waals surface area contributed by atoms with Crippen molar-refractivity contribution in [3.05, 3.63) is 29.8 Å². The van der Waals surface area contributed by atoms with E-state index < -0.39 is 11.5 Å². The van der Waals surface area contributed by atoms with Crippen LogP contribution in [0.3, 0.4) is 0 Å². The number of benzene rings is 1. The molecule has 0 bridgehead atoms. The fourth-order valence-electron chi connectivity index (χ4n) is 4.59. The van der Waals surface area contributed by atoms with Gasteiger partial charge in [0.1, 0.15) is 11.8 Å². The summed E-state index contributed by atoms with van der Waals surface area (Å²) in [6, 6.07) is 6.68. The normalized spacial score (nSPS) is 22.3.